The van der Waals surface area contributed by atoms with Gasteiger partial charge in [-0.3, -0.25) is 43.2 Å². The minimum absolute atomic E-state index is 0. The first-order chi connectivity index (χ1) is 34.6. The monoisotopic (exact) mass is 1080 g/mol. The summed E-state index contributed by atoms with van der Waals surface area (Å²) in [6.45, 7) is 4.87. The van der Waals surface area contributed by atoms with Crippen molar-refractivity contribution < 1.29 is 52.8 Å². The zero-order chi connectivity index (χ0) is 53.7. The first-order valence-corrected chi connectivity index (χ1v) is 27.2. The maximum Gasteiger partial charge on any atom is 0.333 e. The molecule has 0 spiro atoms. The number of nitrogens with one attached hydrogen (secondary N) is 3. The van der Waals surface area contributed by atoms with Crippen molar-refractivity contribution in [3.05, 3.63) is 0 Å². The highest BCUT2D eigenvalue weighted by molar-refractivity contribution is 6.01. The Morgan fingerprint density at radius 3 is 1.03 bits per heavy atom. The summed E-state index contributed by atoms with van der Waals surface area (Å²) < 4.78 is 0. The van der Waals surface area contributed by atoms with Crippen LogP contribution < -0.4 is 33.2 Å². The highest BCUT2D eigenvalue weighted by Crippen LogP contribution is 2.23. The van der Waals surface area contributed by atoms with E-state index in [0.29, 0.717) is 44.0 Å². The second kappa shape index (κ2) is 47.1. The van der Waals surface area contributed by atoms with Crippen molar-refractivity contribution in [2.75, 3.05) is 40.3 Å². The Morgan fingerprint density at radius 1 is 0.487 bits per heavy atom. The Hall–Kier alpha value is -5.14. The average Bonchev–Trinajstić information content (AvgIpc) is 4.04. The van der Waals surface area contributed by atoms with Gasteiger partial charge in [0.2, 0.25) is 41.4 Å². The van der Waals surface area contributed by atoms with E-state index in [0.717, 1.165) is 0 Å². The fourth-order valence-corrected chi connectivity index (χ4v) is 9.24. The highest BCUT2D eigenvalue weighted by atomic mass is 16.7. The van der Waals surface area contributed by atoms with E-state index < -0.39 is 47.6 Å². The molecule has 0 aromatic rings. The third-order valence-corrected chi connectivity index (χ3v) is 13.4. The van der Waals surface area contributed by atoms with E-state index in [1.54, 1.807) is 13.8 Å². The van der Waals surface area contributed by atoms with Crippen LogP contribution in [0, 0.1) is 11.8 Å². The zero-order valence-corrected chi connectivity index (χ0v) is 44.4. The molecule has 9 N–H and O–H groups in total. The lowest BCUT2D eigenvalue weighted by Crippen LogP contribution is -2.45. The number of hydroxylamine groups is 2. The van der Waals surface area contributed by atoms with Crippen LogP contribution in [0.15, 0.2) is 0 Å². The van der Waals surface area contributed by atoms with Crippen LogP contribution in [0.2, 0.25) is 0 Å². The van der Waals surface area contributed by atoms with Gasteiger partial charge >= 0.3 is 5.97 Å². The summed E-state index contributed by atoms with van der Waals surface area (Å²) in [6.07, 6.45) is 31.2. The number of carbonyl (C=O) groups is 10. The molecule has 20 heteroatoms. The maximum atomic E-state index is 12.1. The lowest BCUT2D eigenvalue weighted by Gasteiger charge is -2.24. The number of rotatable bonds is 17. The summed E-state index contributed by atoms with van der Waals surface area (Å²) in [7, 11) is 3.02. The minimum atomic E-state index is -0.854. The lowest BCUT2D eigenvalue weighted by molar-refractivity contribution is -0.197. The van der Waals surface area contributed by atoms with Crippen LogP contribution in [-0.4, -0.2) is 126 Å². The number of carbonyl (C=O) groups excluding carboxylic acids is 10. The van der Waals surface area contributed by atoms with Gasteiger partial charge in [-0.2, -0.15) is 0 Å². The van der Waals surface area contributed by atoms with Gasteiger partial charge in [-0.15, -0.1) is 5.06 Å². The van der Waals surface area contributed by atoms with Crippen molar-refractivity contribution in [3.63, 3.8) is 0 Å². The van der Waals surface area contributed by atoms with Crippen LogP contribution in [-0.2, 0) is 52.8 Å². The van der Waals surface area contributed by atoms with E-state index in [9.17, 15) is 47.9 Å². The van der Waals surface area contributed by atoms with E-state index in [1.165, 1.54) is 152 Å². The molecule has 5 aliphatic rings. The molecule has 0 radical (unpaired) electrons. The fraction of sp³-hybridized carbons (Fsp3) is 0.821. The molecule has 444 valence electrons. The molecule has 0 aromatic carbocycles. The van der Waals surface area contributed by atoms with Crippen LogP contribution in [0.5, 0.6) is 0 Å². The first-order valence-electron chi connectivity index (χ1n) is 27.2. The van der Waals surface area contributed by atoms with Gasteiger partial charge < -0.3 is 47.8 Å². The Bertz CT molecular complexity index is 1580. The Kier molecular flexibility index (Phi) is 47.9. The van der Waals surface area contributed by atoms with Gasteiger partial charge in [0.25, 0.3) is 11.8 Å². The highest BCUT2D eigenvalue weighted by Gasteiger charge is 2.37. The molecule has 3 aliphatic heterocycles. The van der Waals surface area contributed by atoms with Crippen LogP contribution >= 0.6 is 0 Å². The number of amides is 9. The molecule has 2 aliphatic carbocycles. The Morgan fingerprint density at radius 2 is 0.763 bits per heavy atom. The van der Waals surface area contributed by atoms with Crippen LogP contribution in [0.3, 0.4) is 0 Å². The molecule has 3 heterocycles. The second-order valence-electron chi connectivity index (χ2n) is 19.3. The summed E-state index contributed by atoms with van der Waals surface area (Å²) in [6, 6.07) is -1.24. The summed E-state index contributed by atoms with van der Waals surface area (Å²) in [5.41, 5.74) is 15.1. The molecule has 5 fully saturated rings. The molecule has 3 saturated heterocycles. The van der Waals surface area contributed by atoms with E-state index in [1.807, 2.05) is 0 Å². The average molecular weight is 1080 g/mol. The molecule has 20 nitrogen and oxygen atoms in total. The van der Waals surface area contributed by atoms with Crippen LogP contribution in [0.4, 0.5) is 0 Å². The SMILES string of the molecule is C.C.C.C.C1CCCCCCCCC1.C1CCCCCCCCC1.CC[C@H](C(N)=O)N1CC(CNC(=O)CCC(=O)NC)CC1=O.CC[C@H](C(N)=O)N1CC(CNC(=O)CCC(=O)ON2C(=O)CCC2=O)CC1=O.CN. The number of likely N-dealkylation sites (tertiary alicyclic amines) is 2. The van der Waals surface area contributed by atoms with Gasteiger partial charge in [0.1, 0.15) is 12.1 Å². The maximum absolute atomic E-state index is 12.1. The van der Waals surface area contributed by atoms with Gasteiger partial charge in [-0.25, -0.2) is 4.79 Å². The largest absolute Gasteiger partial charge is 0.368 e. The van der Waals surface area contributed by atoms with Gasteiger partial charge in [0.15, 0.2) is 0 Å². The summed E-state index contributed by atoms with van der Waals surface area (Å²) in [4.78, 5) is 123. The van der Waals surface area contributed by atoms with Crippen molar-refractivity contribution >= 4 is 59.1 Å². The van der Waals surface area contributed by atoms with E-state index in [4.69, 9.17) is 11.5 Å². The standard InChI is InChI=1S/C17H24N4O7.C14H24N4O4.2C10H20.CH5N.4CH4/c1-2-11(17(18)27)20-9-10(7-15(20)25)8-19-12(22)3-6-16(26)28-21-13(23)4-5-14(21)24;1-3-10(14(15)22)18-8-9(6-13(18)21)7-17-12(20)5-4-11(19)16-2;2*1-2-4-6-8-10-9-7-5-3-1;1-2;;;;/h10-11H,2-9H2,1H3,(H2,18,27)(H,19,22);9-10H,3-8H2,1-2H3,(H2,15,22)(H,16,19)(H,17,20);2*1-10H2;2H2,1H3;4*1H4/t10?,11-;9?,10-;;;;;;;/m11......./s1. The van der Waals surface area contributed by atoms with Crippen molar-refractivity contribution in [3.8, 4) is 0 Å². The second-order valence-corrected chi connectivity index (χ2v) is 19.3. The molecule has 0 bridgehead atoms. The predicted molar refractivity (Wildman–Crippen MR) is 301 cm³/mol. The molecular formula is C56H109N9O11. The van der Waals surface area contributed by atoms with Gasteiger partial charge in [0, 0.05) is 90.0 Å². The quantitative estimate of drug-likeness (QED) is 0.0784. The van der Waals surface area contributed by atoms with Crippen LogP contribution in [0.25, 0.3) is 0 Å². The number of hydrogen-bond acceptors (Lipinski definition) is 12. The molecule has 9 amide bonds. The fourth-order valence-electron chi connectivity index (χ4n) is 9.24. The molecule has 5 rings (SSSR count). The summed E-state index contributed by atoms with van der Waals surface area (Å²) >= 11 is 0. The molecule has 2 unspecified atom stereocenters. The normalized spacial score (nSPS) is 19.4. The van der Waals surface area contributed by atoms with E-state index in [2.05, 4.69) is 26.5 Å². The molecule has 76 heavy (non-hydrogen) atoms. The lowest BCUT2D eigenvalue weighted by atomic mass is 10.0. The number of primary amides is 2. The first kappa shape index (κ1) is 77.4. The number of nitrogens with two attached hydrogens (primary N) is 3. The zero-order valence-electron chi connectivity index (χ0n) is 44.4. The number of nitrogens with zero attached hydrogens (tertiary/aromatic N) is 3. The van der Waals surface area contributed by atoms with E-state index >= 15 is 0 Å². The molecular weight excluding hydrogens is 975 g/mol. The smallest absolute Gasteiger partial charge is 0.333 e. The van der Waals surface area contributed by atoms with Gasteiger partial charge in [0.05, 0.1) is 6.42 Å². The Labute approximate surface area is 458 Å². The van der Waals surface area contributed by atoms with Crippen LogP contribution in [0.1, 0.15) is 236 Å². The summed E-state index contributed by atoms with van der Waals surface area (Å²) in [5, 5.41) is 8.22. The molecule has 4 atom stereocenters. The topological polar surface area (TPSA) is 304 Å². The number of imide groups is 1. The van der Waals surface area contributed by atoms with E-state index in [-0.39, 0.29) is 117 Å². The molecule has 0 aromatic heterocycles. The summed E-state index contributed by atoms with van der Waals surface area (Å²) in [5.74, 6) is -4.43. The Balaban J connectivity index is -0.000000478. The third-order valence-electron chi connectivity index (χ3n) is 13.4. The van der Waals surface area contributed by atoms with Gasteiger partial charge in [-0.05, 0) is 19.9 Å². The number of hydrogen-bond donors (Lipinski definition) is 6. The predicted octanol–water partition coefficient (Wildman–Crippen LogP) is 7.26. The van der Waals surface area contributed by atoms with Crippen molar-refractivity contribution in [2.24, 2.45) is 29.0 Å². The van der Waals surface area contributed by atoms with Crippen molar-refractivity contribution in [1.29, 1.82) is 0 Å². The van der Waals surface area contributed by atoms with Crippen molar-refractivity contribution in [2.45, 2.75) is 248 Å². The van der Waals surface area contributed by atoms with Crippen molar-refractivity contribution in [1.82, 2.24) is 30.8 Å². The molecule has 2 saturated carbocycles. The minimum Gasteiger partial charge on any atom is -0.368 e. The van der Waals surface area contributed by atoms with Gasteiger partial charge in [-0.1, -0.05) is 172 Å². The third kappa shape index (κ3) is 33.1.